The van der Waals surface area contributed by atoms with Gasteiger partial charge in [0.1, 0.15) is 0 Å². The monoisotopic (exact) mass is 265 g/mol. The molecule has 1 atom stereocenters. The second-order valence-electron chi connectivity index (χ2n) is 4.62. The molecule has 0 bridgehead atoms. The molecule has 0 aromatic rings. The van der Waals surface area contributed by atoms with Gasteiger partial charge in [-0.25, -0.2) is 8.42 Å². The van der Waals surface area contributed by atoms with Gasteiger partial charge in [-0.2, -0.15) is 0 Å². The van der Waals surface area contributed by atoms with Crippen molar-refractivity contribution in [2.24, 2.45) is 0 Å². The van der Waals surface area contributed by atoms with Gasteiger partial charge in [0.2, 0.25) is 0 Å². The number of ether oxygens (including phenoxy) is 2. The molecule has 0 aromatic heterocycles. The molecule has 0 aliphatic carbocycles. The van der Waals surface area contributed by atoms with Gasteiger partial charge in [-0.15, -0.1) is 0 Å². The van der Waals surface area contributed by atoms with Crippen LogP contribution in [0.4, 0.5) is 0 Å². The molecule has 0 spiro atoms. The van der Waals surface area contributed by atoms with Crippen molar-refractivity contribution >= 4 is 9.84 Å². The van der Waals surface area contributed by atoms with Crippen LogP contribution in [0.25, 0.3) is 0 Å². The molecule has 102 valence electrons. The largest absolute Gasteiger partial charge is 0.352 e. The van der Waals surface area contributed by atoms with Gasteiger partial charge in [-0.1, -0.05) is 0 Å². The van der Waals surface area contributed by atoms with Crippen molar-refractivity contribution in [3.05, 3.63) is 0 Å². The summed E-state index contributed by atoms with van der Waals surface area (Å²) < 4.78 is 33.7. The maximum atomic E-state index is 11.4. The van der Waals surface area contributed by atoms with Crippen molar-refractivity contribution in [1.29, 1.82) is 0 Å². The van der Waals surface area contributed by atoms with E-state index in [0.717, 1.165) is 0 Å². The molecular weight excluding hydrogens is 242 g/mol. The third-order valence-corrected chi connectivity index (χ3v) is 4.81. The Kier molecular flexibility index (Phi) is 5.37. The van der Waals surface area contributed by atoms with Crippen LogP contribution in [-0.4, -0.2) is 51.5 Å². The third-order valence-electron chi connectivity index (χ3n) is 2.90. The van der Waals surface area contributed by atoms with Crippen molar-refractivity contribution in [1.82, 2.24) is 5.32 Å². The van der Waals surface area contributed by atoms with Gasteiger partial charge in [0.05, 0.1) is 11.5 Å². The first-order valence-electron chi connectivity index (χ1n) is 6.09. The first-order chi connectivity index (χ1) is 7.91. The highest BCUT2D eigenvalue weighted by atomic mass is 32.2. The molecule has 1 unspecified atom stereocenters. The molecule has 1 heterocycles. The normalized spacial score (nSPS) is 27.8. The Labute approximate surface area is 104 Å². The average Bonchev–Trinajstić information content (AvgIpc) is 2.51. The minimum atomic E-state index is -2.87. The van der Waals surface area contributed by atoms with E-state index in [9.17, 15) is 8.42 Å². The van der Waals surface area contributed by atoms with Crippen molar-refractivity contribution < 1.29 is 17.9 Å². The SMILES string of the molecule is CCOC(CNC1(C)CCS(=O)(=O)C1)OCC. The number of rotatable bonds is 7. The minimum absolute atomic E-state index is 0.199. The molecule has 17 heavy (non-hydrogen) atoms. The van der Waals surface area contributed by atoms with Crippen molar-refractivity contribution in [2.45, 2.75) is 39.0 Å². The lowest BCUT2D eigenvalue weighted by atomic mass is 10.0. The standard InChI is InChI=1S/C11H23NO4S/c1-4-15-10(16-5-2)8-12-11(3)6-7-17(13,14)9-11/h10,12H,4-9H2,1-3H3. The summed E-state index contributed by atoms with van der Waals surface area (Å²) in [6.45, 7) is 7.45. The second kappa shape index (κ2) is 6.13. The van der Waals surface area contributed by atoms with Crippen LogP contribution in [0.15, 0.2) is 0 Å². The van der Waals surface area contributed by atoms with Crippen LogP contribution in [0.3, 0.4) is 0 Å². The fourth-order valence-electron chi connectivity index (χ4n) is 2.02. The van der Waals surface area contributed by atoms with Gasteiger partial charge < -0.3 is 14.8 Å². The van der Waals surface area contributed by atoms with E-state index >= 15 is 0 Å². The van der Waals surface area contributed by atoms with Gasteiger partial charge in [0.15, 0.2) is 16.1 Å². The number of nitrogens with one attached hydrogen (secondary N) is 1. The molecule has 1 rings (SSSR count). The zero-order valence-corrected chi connectivity index (χ0v) is 11.7. The Balaban J connectivity index is 2.43. The maximum Gasteiger partial charge on any atom is 0.169 e. The Morgan fingerprint density at radius 3 is 2.29 bits per heavy atom. The van der Waals surface area contributed by atoms with Crippen LogP contribution in [0.5, 0.6) is 0 Å². The smallest absolute Gasteiger partial charge is 0.169 e. The van der Waals surface area contributed by atoms with Crippen molar-refractivity contribution in [2.75, 3.05) is 31.3 Å². The molecule has 0 saturated carbocycles. The number of hydrogen-bond acceptors (Lipinski definition) is 5. The van der Waals surface area contributed by atoms with Crippen molar-refractivity contribution in [3.8, 4) is 0 Å². The van der Waals surface area contributed by atoms with Gasteiger partial charge in [-0.3, -0.25) is 0 Å². The van der Waals surface area contributed by atoms with Crippen LogP contribution in [0.2, 0.25) is 0 Å². The number of hydrogen-bond donors (Lipinski definition) is 1. The third kappa shape index (κ3) is 4.91. The molecule has 0 radical (unpaired) electrons. The lowest BCUT2D eigenvalue weighted by molar-refractivity contribution is -0.134. The molecule has 5 nitrogen and oxygen atoms in total. The zero-order chi connectivity index (χ0) is 12.9. The molecule has 0 aromatic carbocycles. The van der Waals surface area contributed by atoms with E-state index in [1.807, 2.05) is 20.8 Å². The zero-order valence-electron chi connectivity index (χ0n) is 10.9. The van der Waals surface area contributed by atoms with E-state index in [-0.39, 0.29) is 23.3 Å². The molecule has 1 saturated heterocycles. The molecule has 0 amide bonds. The highest BCUT2D eigenvalue weighted by Crippen LogP contribution is 2.22. The predicted octanol–water partition coefficient (Wildman–Crippen LogP) is 0.552. The van der Waals surface area contributed by atoms with E-state index in [1.165, 1.54) is 0 Å². The Hall–Kier alpha value is -0.170. The average molecular weight is 265 g/mol. The van der Waals surface area contributed by atoms with Gasteiger partial charge >= 0.3 is 0 Å². The summed E-state index contributed by atoms with van der Waals surface area (Å²) in [5.41, 5.74) is -0.342. The highest BCUT2D eigenvalue weighted by Gasteiger charge is 2.38. The van der Waals surface area contributed by atoms with Crippen LogP contribution < -0.4 is 5.32 Å². The summed E-state index contributed by atoms with van der Waals surface area (Å²) >= 11 is 0. The molecule has 1 aliphatic heterocycles. The van der Waals surface area contributed by atoms with Gasteiger partial charge in [0, 0.05) is 25.3 Å². The quantitative estimate of drug-likeness (QED) is 0.681. The molecule has 6 heteroatoms. The Morgan fingerprint density at radius 2 is 1.88 bits per heavy atom. The molecule has 1 fully saturated rings. The van der Waals surface area contributed by atoms with E-state index in [0.29, 0.717) is 26.2 Å². The van der Waals surface area contributed by atoms with Crippen molar-refractivity contribution in [3.63, 3.8) is 0 Å². The van der Waals surface area contributed by atoms with E-state index in [4.69, 9.17) is 9.47 Å². The fourth-order valence-corrected chi connectivity index (χ4v) is 4.14. The lowest BCUT2D eigenvalue weighted by Crippen LogP contribution is -2.47. The van der Waals surface area contributed by atoms with Crippen LogP contribution in [0, 0.1) is 0 Å². The first kappa shape index (κ1) is 14.9. The van der Waals surface area contributed by atoms with Crippen LogP contribution >= 0.6 is 0 Å². The lowest BCUT2D eigenvalue weighted by Gasteiger charge is -2.27. The summed E-state index contributed by atoms with van der Waals surface area (Å²) in [5.74, 6) is 0.468. The first-order valence-corrected chi connectivity index (χ1v) is 7.91. The highest BCUT2D eigenvalue weighted by molar-refractivity contribution is 7.91. The van der Waals surface area contributed by atoms with Gasteiger partial charge in [-0.05, 0) is 27.2 Å². The Bertz CT molecular complexity index is 324. The summed E-state index contributed by atoms with van der Waals surface area (Å²) in [4.78, 5) is 0. The molecular formula is C11H23NO4S. The summed E-state index contributed by atoms with van der Waals surface area (Å²) in [5, 5.41) is 3.25. The van der Waals surface area contributed by atoms with E-state index < -0.39 is 9.84 Å². The Morgan fingerprint density at radius 1 is 1.29 bits per heavy atom. The predicted molar refractivity (Wildman–Crippen MR) is 66.7 cm³/mol. The maximum absolute atomic E-state index is 11.4. The van der Waals surface area contributed by atoms with E-state index in [1.54, 1.807) is 0 Å². The number of sulfone groups is 1. The molecule has 1 N–H and O–H groups in total. The topological polar surface area (TPSA) is 64.6 Å². The second-order valence-corrected chi connectivity index (χ2v) is 6.81. The summed E-state index contributed by atoms with van der Waals surface area (Å²) in [7, 11) is -2.87. The minimum Gasteiger partial charge on any atom is -0.352 e. The van der Waals surface area contributed by atoms with Crippen LogP contribution in [0.1, 0.15) is 27.2 Å². The fraction of sp³-hybridized carbons (Fsp3) is 1.00. The summed E-state index contributed by atoms with van der Waals surface area (Å²) in [6.07, 6.45) is 0.352. The summed E-state index contributed by atoms with van der Waals surface area (Å²) in [6, 6.07) is 0. The van der Waals surface area contributed by atoms with E-state index in [2.05, 4.69) is 5.32 Å². The van der Waals surface area contributed by atoms with Crippen LogP contribution in [-0.2, 0) is 19.3 Å². The van der Waals surface area contributed by atoms with Gasteiger partial charge in [0.25, 0.3) is 0 Å². The molecule has 1 aliphatic rings.